The van der Waals surface area contributed by atoms with Crippen LogP contribution in [0.15, 0.2) is 199 Å². The minimum atomic E-state index is 0.902. The third kappa shape index (κ3) is 4.57. The lowest BCUT2D eigenvalue weighted by Gasteiger charge is -2.10. The van der Waals surface area contributed by atoms with Crippen LogP contribution in [0.25, 0.3) is 110 Å². The van der Waals surface area contributed by atoms with Crippen LogP contribution in [0, 0.1) is 0 Å². The van der Waals surface area contributed by atoms with E-state index in [1.807, 2.05) is 12.1 Å². The molecule has 0 aliphatic carbocycles. The fourth-order valence-corrected chi connectivity index (χ4v) is 8.88. The Morgan fingerprint density at radius 1 is 0.273 bits per heavy atom. The van der Waals surface area contributed by atoms with Crippen molar-refractivity contribution in [2.75, 3.05) is 0 Å². The monoisotopic (exact) mass is 700 g/mol. The van der Waals surface area contributed by atoms with Gasteiger partial charge in [0.15, 0.2) is 0 Å². The Hall–Kier alpha value is -7.36. The predicted octanol–water partition coefficient (Wildman–Crippen LogP) is 14.3. The van der Waals surface area contributed by atoms with Gasteiger partial charge < -0.3 is 13.6 Å². The minimum absolute atomic E-state index is 0.902. The van der Waals surface area contributed by atoms with Gasteiger partial charge in [-0.15, -0.1) is 0 Å². The molecule has 0 aliphatic rings. The molecule has 0 spiro atoms. The number of rotatable bonds is 4. The lowest BCUT2D eigenvalue weighted by Crippen LogP contribution is -1.94. The van der Waals surface area contributed by atoms with Gasteiger partial charge in [-0.3, -0.25) is 0 Å². The second-order valence-corrected chi connectivity index (χ2v) is 14.6. The van der Waals surface area contributed by atoms with Crippen LogP contribution >= 0.6 is 0 Å². The van der Waals surface area contributed by atoms with Gasteiger partial charge in [-0.2, -0.15) is 0 Å². The van der Waals surface area contributed by atoms with Crippen molar-refractivity contribution in [1.29, 1.82) is 0 Å². The summed E-state index contributed by atoms with van der Waals surface area (Å²) >= 11 is 0. The van der Waals surface area contributed by atoms with Crippen molar-refractivity contribution in [2.45, 2.75) is 0 Å². The summed E-state index contributed by atoms with van der Waals surface area (Å²) in [6, 6.07) is 70.4. The van der Waals surface area contributed by atoms with E-state index in [4.69, 9.17) is 4.42 Å². The molecule has 0 bridgehead atoms. The van der Waals surface area contributed by atoms with Gasteiger partial charge in [0, 0.05) is 43.7 Å². The molecular weight excluding hydrogens is 669 g/mol. The number of aromatic nitrogens is 2. The van der Waals surface area contributed by atoms with Crippen molar-refractivity contribution in [3.05, 3.63) is 194 Å². The second-order valence-electron chi connectivity index (χ2n) is 14.6. The molecule has 0 unspecified atom stereocenters. The van der Waals surface area contributed by atoms with E-state index in [0.29, 0.717) is 0 Å². The summed E-state index contributed by atoms with van der Waals surface area (Å²) in [4.78, 5) is 0. The van der Waals surface area contributed by atoms with Crippen molar-refractivity contribution < 1.29 is 4.42 Å². The van der Waals surface area contributed by atoms with Crippen LogP contribution in [0.4, 0.5) is 0 Å². The lowest BCUT2D eigenvalue weighted by atomic mass is 10.00. The third-order valence-corrected chi connectivity index (χ3v) is 11.5. The molecule has 0 saturated heterocycles. The van der Waals surface area contributed by atoms with E-state index in [2.05, 4.69) is 191 Å². The zero-order valence-electron chi connectivity index (χ0n) is 29.8. The number of hydrogen-bond donors (Lipinski definition) is 0. The van der Waals surface area contributed by atoms with Gasteiger partial charge in [0.1, 0.15) is 11.2 Å². The van der Waals surface area contributed by atoms with Crippen molar-refractivity contribution in [3.8, 4) is 33.6 Å². The van der Waals surface area contributed by atoms with E-state index < -0.39 is 0 Å². The SMILES string of the molecule is c1ccc(-c2ccc(-n3c4ccccc4c4cc(-c5ccc6c(c5)c5cc7ccccc7cc5n6-c5ccc6oc7ccccc7c6c5)ccc43)cc2)cc1. The smallest absolute Gasteiger partial charge is 0.135 e. The van der Waals surface area contributed by atoms with E-state index in [1.165, 1.54) is 76.6 Å². The molecule has 0 amide bonds. The molecule has 12 rings (SSSR count). The summed E-state index contributed by atoms with van der Waals surface area (Å²) in [6.07, 6.45) is 0. The van der Waals surface area contributed by atoms with Gasteiger partial charge in [-0.25, -0.2) is 0 Å². The van der Waals surface area contributed by atoms with E-state index in [-0.39, 0.29) is 0 Å². The summed E-state index contributed by atoms with van der Waals surface area (Å²) in [5, 5.41) is 9.69. The van der Waals surface area contributed by atoms with Gasteiger partial charge in [0.05, 0.1) is 22.1 Å². The summed E-state index contributed by atoms with van der Waals surface area (Å²) in [7, 11) is 0. The van der Waals surface area contributed by atoms with Crippen LogP contribution < -0.4 is 0 Å². The summed E-state index contributed by atoms with van der Waals surface area (Å²) < 4.78 is 11.0. The number of para-hydroxylation sites is 2. The molecule has 0 N–H and O–H groups in total. The molecule has 0 fully saturated rings. The standard InChI is InChI=1S/C52H32N2O/c1-2-10-33(11-3-1)34-18-22-39(23-19-34)53-47-16-8-6-14-41(47)43-29-37(20-25-48(43)53)38-21-26-49-44(30-38)45-28-35-12-4-5-13-36(35)31-50(45)54(49)40-24-27-52-46(32-40)42-15-7-9-17-51(42)55-52/h1-32H. The highest BCUT2D eigenvalue weighted by molar-refractivity contribution is 6.16. The zero-order chi connectivity index (χ0) is 36.0. The maximum absolute atomic E-state index is 6.22. The maximum atomic E-state index is 6.22. The minimum Gasteiger partial charge on any atom is -0.456 e. The molecule has 55 heavy (non-hydrogen) atoms. The van der Waals surface area contributed by atoms with Crippen molar-refractivity contribution in [2.24, 2.45) is 0 Å². The van der Waals surface area contributed by atoms with Crippen molar-refractivity contribution >= 4 is 76.3 Å². The van der Waals surface area contributed by atoms with E-state index >= 15 is 0 Å². The molecule has 9 aromatic carbocycles. The Morgan fingerprint density at radius 3 is 1.58 bits per heavy atom. The highest BCUT2D eigenvalue weighted by Crippen LogP contribution is 2.40. The predicted molar refractivity (Wildman–Crippen MR) is 231 cm³/mol. The average Bonchev–Trinajstić information content (AvgIpc) is 3.90. The van der Waals surface area contributed by atoms with Crippen molar-refractivity contribution in [1.82, 2.24) is 9.13 Å². The van der Waals surface area contributed by atoms with Crippen LogP contribution in [0.3, 0.4) is 0 Å². The van der Waals surface area contributed by atoms with Crippen LogP contribution in [-0.4, -0.2) is 9.13 Å². The Labute approximate surface area is 316 Å². The van der Waals surface area contributed by atoms with Gasteiger partial charge >= 0.3 is 0 Å². The normalized spacial score (nSPS) is 12.0. The molecule has 0 radical (unpaired) electrons. The first-order valence-corrected chi connectivity index (χ1v) is 18.8. The molecular formula is C52H32N2O. The molecule has 3 heterocycles. The topological polar surface area (TPSA) is 23.0 Å². The van der Waals surface area contributed by atoms with Gasteiger partial charge in [0.25, 0.3) is 0 Å². The van der Waals surface area contributed by atoms with Gasteiger partial charge in [-0.05, 0) is 112 Å². The van der Waals surface area contributed by atoms with E-state index in [0.717, 1.165) is 33.3 Å². The Bertz CT molecular complexity index is 3470. The fourth-order valence-electron chi connectivity index (χ4n) is 8.88. The lowest BCUT2D eigenvalue weighted by molar-refractivity contribution is 0.669. The molecule has 256 valence electrons. The van der Waals surface area contributed by atoms with Crippen molar-refractivity contribution in [3.63, 3.8) is 0 Å². The number of fused-ring (bicyclic) bond motifs is 10. The molecule has 0 saturated carbocycles. The number of furan rings is 1. The van der Waals surface area contributed by atoms with Gasteiger partial charge in [0.2, 0.25) is 0 Å². The Balaban J connectivity index is 1.04. The largest absolute Gasteiger partial charge is 0.456 e. The quantitative estimate of drug-likeness (QED) is 0.179. The molecule has 12 aromatic rings. The van der Waals surface area contributed by atoms with Crippen LogP contribution in [-0.2, 0) is 0 Å². The van der Waals surface area contributed by atoms with Gasteiger partial charge in [-0.1, -0.05) is 115 Å². The summed E-state index contributed by atoms with van der Waals surface area (Å²) in [5.41, 5.74) is 13.7. The molecule has 3 heteroatoms. The number of hydrogen-bond acceptors (Lipinski definition) is 1. The highest BCUT2D eigenvalue weighted by atomic mass is 16.3. The van der Waals surface area contributed by atoms with Crippen LogP contribution in [0.2, 0.25) is 0 Å². The number of benzene rings is 9. The zero-order valence-corrected chi connectivity index (χ0v) is 29.8. The maximum Gasteiger partial charge on any atom is 0.135 e. The molecule has 0 atom stereocenters. The molecule has 3 nitrogen and oxygen atoms in total. The molecule has 0 aliphatic heterocycles. The summed E-state index contributed by atoms with van der Waals surface area (Å²) in [5.74, 6) is 0. The Morgan fingerprint density at radius 2 is 0.800 bits per heavy atom. The number of nitrogens with zero attached hydrogens (tertiary/aromatic N) is 2. The first-order chi connectivity index (χ1) is 27.2. The third-order valence-electron chi connectivity index (χ3n) is 11.5. The fraction of sp³-hybridized carbons (Fsp3) is 0. The van der Waals surface area contributed by atoms with Crippen LogP contribution in [0.5, 0.6) is 0 Å². The first kappa shape index (κ1) is 30.1. The molecule has 3 aromatic heterocycles. The Kier molecular flexibility index (Phi) is 6.34. The van der Waals surface area contributed by atoms with Crippen LogP contribution in [0.1, 0.15) is 0 Å². The second kappa shape index (κ2) is 11.6. The van der Waals surface area contributed by atoms with E-state index in [9.17, 15) is 0 Å². The summed E-state index contributed by atoms with van der Waals surface area (Å²) in [6.45, 7) is 0. The van der Waals surface area contributed by atoms with E-state index in [1.54, 1.807) is 0 Å². The average molecular weight is 701 g/mol. The highest BCUT2D eigenvalue weighted by Gasteiger charge is 2.18. The first-order valence-electron chi connectivity index (χ1n) is 18.8.